The Kier molecular flexibility index (Phi) is 2.61. The van der Waals surface area contributed by atoms with Gasteiger partial charge < -0.3 is 4.42 Å². The average molecular weight is 281 g/mol. The second-order valence-electron chi connectivity index (χ2n) is 3.35. The van der Waals surface area contributed by atoms with E-state index in [-0.39, 0.29) is 17.4 Å². The summed E-state index contributed by atoms with van der Waals surface area (Å²) < 4.78 is 27.8. The molecule has 0 amide bonds. The minimum absolute atomic E-state index is 0.127. The molecule has 7 heteroatoms. The van der Waals surface area contributed by atoms with Gasteiger partial charge in [0.2, 0.25) is 5.89 Å². The predicted octanol–water partition coefficient (Wildman–Crippen LogP) is 1.12. The van der Waals surface area contributed by atoms with Crippen LogP contribution in [0, 0.1) is 0 Å². The molecule has 1 aromatic rings. The molecule has 1 aliphatic heterocycles. The van der Waals surface area contributed by atoms with Crippen molar-refractivity contribution in [1.82, 2.24) is 10.2 Å². The van der Waals surface area contributed by atoms with E-state index in [1.165, 1.54) is 0 Å². The summed E-state index contributed by atoms with van der Waals surface area (Å²) in [5.74, 6) is 0.688. The first kappa shape index (κ1) is 10.1. The number of sulfone groups is 1. The molecule has 1 aliphatic rings. The predicted molar refractivity (Wildman–Crippen MR) is 52.6 cm³/mol. The lowest BCUT2D eigenvalue weighted by Crippen LogP contribution is -2.23. The van der Waals surface area contributed by atoms with Gasteiger partial charge in [-0.15, -0.1) is 10.2 Å². The zero-order chi connectivity index (χ0) is 10.2. The second kappa shape index (κ2) is 3.62. The van der Waals surface area contributed by atoms with E-state index in [1.54, 1.807) is 0 Å². The average Bonchev–Trinajstić information content (AvgIpc) is 2.50. The van der Waals surface area contributed by atoms with Crippen LogP contribution in [0.1, 0.15) is 24.7 Å². The van der Waals surface area contributed by atoms with Crippen molar-refractivity contribution in [2.75, 3.05) is 11.5 Å². The minimum Gasteiger partial charge on any atom is -0.415 e. The summed E-state index contributed by atoms with van der Waals surface area (Å²) in [6.07, 6.45) is 1.47. The molecule has 14 heavy (non-hydrogen) atoms. The van der Waals surface area contributed by atoms with Gasteiger partial charge in [-0.05, 0) is 12.8 Å². The molecular weight excluding hydrogens is 272 g/mol. The molecule has 0 radical (unpaired) electrons. The Morgan fingerprint density at radius 3 is 2.79 bits per heavy atom. The van der Waals surface area contributed by atoms with Crippen LogP contribution < -0.4 is 0 Å². The highest BCUT2D eigenvalue weighted by Crippen LogP contribution is 2.27. The molecule has 0 saturated carbocycles. The first-order valence-corrected chi connectivity index (χ1v) is 6.87. The maximum absolute atomic E-state index is 11.3. The molecular formula is C7H9BrN2O3S. The van der Waals surface area contributed by atoms with Crippen LogP contribution in [0.2, 0.25) is 0 Å². The fourth-order valence-corrected chi connectivity index (χ4v) is 3.54. The number of hydrogen-bond donors (Lipinski definition) is 0. The van der Waals surface area contributed by atoms with Crippen molar-refractivity contribution in [1.29, 1.82) is 0 Å². The van der Waals surface area contributed by atoms with Crippen LogP contribution in [-0.2, 0) is 9.84 Å². The van der Waals surface area contributed by atoms with Gasteiger partial charge in [0.25, 0.3) is 4.80 Å². The van der Waals surface area contributed by atoms with E-state index >= 15 is 0 Å². The van der Waals surface area contributed by atoms with E-state index in [9.17, 15) is 8.42 Å². The summed E-state index contributed by atoms with van der Waals surface area (Å²) in [5, 5.41) is 7.42. The summed E-state index contributed by atoms with van der Waals surface area (Å²) in [7, 11) is -2.91. The smallest absolute Gasteiger partial charge is 0.284 e. The Morgan fingerprint density at radius 2 is 2.21 bits per heavy atom. The highest BCUT2D eigenvalue weighted by molar-refractivity contribution is 9.10. The van der Waals surface area contributed by atoms with Gasteiger partial charge in [-0.2, -0.15) is 0 Å². The fourth-order valence-electron chi connectivity index (χ4n) is 1.60. The van der Waals surface area contributed by atoms with Gasteiger partial charge in [-0.1, -0.05) is 0 Å². The molecule has 1 fully saturated rings. The van der Waals surface area contributed by atoms with Crippen molar-refractivity contribution in [3.63, 3.8) is 0 Å². The maximum Gasteiger partial charge on any atom is 0.284 e. The standard InChI is InChI=1S/C7H9BrN2O3S/c8-7-10-9-6(13-7)5-2-1-3-14(11,12)4-5/h5H,1-4H2. The lowest BCUT2D eigenvalue weighted by atomic mass is 10.1. The van der Waals surface area contributed by atoms with Gasteiger partial charge in [0, 0.05) is 15.9 Å². The molecule has 0 aliphatic carbocycles. The number of rotatable bonds is 1. The Hall–Kier alpha value is -0.430. The molecule has 78 valence electrons. The van der Waals surface area contributed by atoms with Gasteiger partial charge in [0.05, 0.1) is 17.4 Å². The minimum atomic E-state index is -2.91. The van der Waals surface area contributed by atoms with E-state index in [4.69, 9.17) is 4.42 Å². The normalized spacial score (nSPS) is 26.2. The second-order valence-corrected chi connectivity index (χ2v) is 6.25. The van der Waals surface area contributed by atoms with E-state index in [0.29, 0.717) is 17.1 Å². The molecule has 1 atom stereocenters. The van der Waals surface area contributed by atoms with E-state index < -0.39 is 9.84 Å². The number of nitrogens with zero attached hydrogens (tertiary/aromatic N) is 2. The summed E-state index contributed by atoms with van der Waals surface area (Å²) in [4.78, 5) is 0.301. The first-order chi connectivity index (χ1) is 6.57. The zero-order valence-electron chi connectivity index (χ0n) is 7.31. The van der Waals surface area contributed by atoms with Crippen LogP contribution in [-0.4, -0.2) is 30.1 Å². The molecule has 1 unspecified atom stereocenters. The van der Waals surface area contributed by atoms with Crippen molar-refractivity contribution in [3.8, 4) is 0 Å². The molecule has 2 rings (SSSR count). The quantitative estimate of drug-likeness (QED) is 0.771. The van der Waals surface area contributed by atoms with Crippen LogP contribution in [0.4, 0.5) is 0 Å². The largest absolute Gasteiger partial charge is 0.415 e. The van der Waals surface area contributed by atoms with Gasteiger partial charge in [-0.3, -0.25) is 0 Å². The number of aromatic nitrogens is 2. The monoisotopic (exact) mass is 280 g/mol. The number of hydrogen-bond acceptors (Lipinski definition) is 5. The van der Waals surface area contributed by atoms with Crippen molar-refractivity contribution >= 4 is 25.8 Å². The molecule has 0 aromatic carbocycles. The molecule has 0 spiro atoms. The molecule has 1 aromatic heterocycles. The third kappa shape index (κ3) is 2.14. The highest BCUT2D eigenvalue weighted by atomic mass is 79.9. The molecule has 1 saturated heterocycles. The van der Waals surface area contributed by atoms with Gasteiger partial charge in [0.15, 0.2) is 9.84 Å². The Morgan fingerprint density at radius 1 is 1.43 bits per heavy atom. The van der Waals surface area contributed by atoms with Gasteiger partial charge in [0.1, 0.15) is 0 Å². The maximum atomic E-state index is 11.3. The van der Waals surface area contributed by atoms with Crippen molar-refractivity contribution in [3.05, 3.63) is 10.7 Å². The topological polar surface area (TPSA) is 73.1 Å². The van der Waals surface area contributed by atoms with Crippen LogP contribution >= 0.6 is 15.9 Å². The van der Waals surface area contributed by atoms with Crippen molar-refractivity contribution in [2.24, 2.45) is 0 Å². The lowest BCUT2D eigenvalue weighted by molar-refractivity contribution is 0.421. The third-order valence-electron chi connectivity index (χ3n) is 2.23. The molecule has 0 N–H and O–H groups in total. The van der Waals surface area contributed by atoms with Crippen LogP contribution in [0.5, 0.6) is 0 Å². The SMILES string of the molecule is O=S1(=O)CCCC(c2nnc(Br)o2)C1. The van der Waals surface area contributed by atoms with Crippen molar-refractivity contribution in [2.45, 2.75) is 18.8 Å². The van der Waals surface area contributed by atoms with Crippen LogP contribution in [0.3, 0.4) is 0 Å². The highest BCUT2D eigenvalue weighted by Gasteiger charge is 2.29. The third-order valence-corrected chi connectivity index (χ3v) is 4.37. The molecule has 2 heterocycles. The van der Waals surface area contributed by atoms with E-state index in [0.717, 1.165) is 6.42 Å². The first-order valence-electron chi connectivity index (χ1n) is 4.26. The Bertz CT molecular complexity index is 428. The number of halogens is 1. The lowest BCUT2D eigenvalue weighted by Gasteiger charge is -2.18. The summed E-state index contributed by atoms with van der Waals surface area (Å²) in [6.45, 7) is 0. The van der Waals surface area contributed by atoms with Crippen LogP contribution in [0.15, 0.2) is 9.22 Å². The van der Waals surface area contributed by atoms with E-state index in [2.05, 4.69) is 26.1 Å². The van der Waals surface area contributed by atoms with E-state index in [1.807, 2.05) is 0 Å². The molecule has 5 nitrogen and oxygen atoms in total. The summed E-state index contributed by atoms with van der Waals surface area (Å²) >= 11 is 3.04. The fraction of sp³-hybridized carbons (Fsp3) is 0.714. The Labute approximate surface area is 89.9 Å². The van der Waals surface area contributed by atoms with Crippen molar-refractivity contribution < 1.29 is 12.8 Å². The van der Waals surface area contributed by atoms with Gasteiger partial charge in [-0.25, -0.2) is 8.42 Å². The summed E-state index contributed by atoms with van der Waals surface area (Å²) in [5.41, 5.74) is 0. The molecule has 0 bridgehead atoms. The van der Waals surface area contributed by atoms with Gasteiger partial charge >= 0.3 is 0 Å². The Balaban J connectivity index is 2.20. The zero-order valence-corrected chi connectivity index (χ0v) is 9.71. The van der Waals surface area contributed by atoms with Crippen LogP contribution in [0.25, 0.3) is 0 Å². The summed E-state index contributed by atoms with van der Waals surface area (Å²) in [6, 6.07) is 0.